The number of morpholine rings is 1. The molecule has 1 fully saturated rings. The second kappa shape index (κ2) is 13.0. The molecule has 13 heteroatoms. The van der Waals surface area contributed by atoms with Crippen molar-refractivity contribution in [2.75, 3.05) is 46.6 Å². The van der Waals surface area contributed by atoms with Crippen molar-refractivity contribution in [3.05, 3.63) is 62.5 Å². The maximum Gasteiger partial charge on any atom is 0.338 e. The van der Waals surface area contributed by atoms with Crippen molar-refractivity contribution in [1.29, 1.82) is 0 Å². The van der Waals surface area contributed by atoms with Crippen LogP contribution < -0.4 is 5.32 Å². The third kappa shape index (κ3) is 6.47. The van der Waals surface area contributed by atoms with Gasteiger partial charge in [-0.2, -0.15) is 0 Å². The first kappa shape index (κ1) is 29.1. The van der Waals surface area contributed by atoms with Crippen molar-refractivity contribution in [2.24, 2.45) is 4.99 Å². The summed E-state index contributed by atoms with van der Waals surface area (Å²) < 4.78 is 24.9. The van der Waals surface area contributed by atoms with E-state index >= 15 is 0 Å². The van der Waals surface area contributed by atoms with Gasteiger partial charge in [0.1, 0.15) is 18.5 Å². The van der Waals surface area contributed by atoms with Gasteiger partial charge in [-0.05, 0) is 26.0 Å². The molecule has 4 rings (SSSR count). The number of benzene rings is 1. The van der Waals surface area contributed by atoms with Crippen LogP contribution in [0.2, 0.25) is 5.02 Å². The Morgan fingerprint density at radius 1 is 1.38 bits per heavy atom. The number of methoxy groups -OCH3 is 1. The molecule has 0 spiro atoms. The number of hydrogen-bond acceptors (Lipinski definition) is 10. The van der Waals surface area contributed by atoms with E-state index in [1.165, 1.54) is 36.6 Å². The third-order valence-corrected chi connectivity index (χ3v) is 7.88. The van der Waals surface area contributed by atoms with Crippen molar-refractivity contribution >= 4 is 40.6 Å². The largest absolute Gasteiger partial charge is 0.466 e. The predicted octanol–water partition coefficient (Wildman–Crippen LogP) is 2.38. The number of carbonyl (C=O) groups is 2. The Hall–Kier alpha value is -2.90. The fraction of sp³-hybridized carbons (Fsp3) is 0.462. The average molecular weight is 580 g/mol. The van der Waals surface area contributed by atoms with Gasteiger partial charge < -0.3 is 24.8 Å². The van der Waals surface area contributed by atoms with E-state index in [-0.39, 0.29) is 35.1 Å². The van der Waals surface area contributed by atoms with Crippen molar-refractivity contribution in [1.82, 2.24) is 20.1 Å². The fourth-order valence-corrected chi connectivity index (χ4v) is 5.64. The number of nitrogens with zero attached hydrogens (tertiary/aromatic N) is 4. The number of amides is 1. The minimum atomic E-state index is -0.876. The van der Waals surface area contributed by atoms with Crippen molar-refractivity contribution in [3.8, 4) is 0 Å². The van der Waals surface area contributed by atoms with Crippen LogP contribution in [0.5, 0.6) is 0 Å². The van der Waals surface area contributed by atoms with E-state index in [4.69, 9.17) is 26.1 Å². The molecule has 210 valence electrons. The predicted molar refractivity (Wildman–Crippen MR) is 145 cm³/mol. The number of halogens is 2. The molecule has 2 N–H and O–H groups in total. The van der Waals surface area contributed by atoms with Crippen molar-refractivity contribution < 1.29 is 28.6 Å². The second-order valence-corrected chi connectivity index (χ2v) is 10.5. The van der Waals surface area contributed by atoms with Gasteiger partial charge in [0.05, 0.1) is 31.9 Å². The molecule has 0 saturated carbocycles. The average Bonchev–Trinajstić information content (AvgIpc) is 3.47. The summed E-state index contributed by atoms with van der Waals surface area (Å²) in [6, 6.07) is 2.82. The molecule has 1 amide bonds. The molecule has 2 aliphatic rings. The summed E-state index contributed by atoms with van der Waals surface area (Å²) >= 11 is 7.83. The summed E-state index contributed by atoms with van der Waals surface area (Å²) in [7, 11) is 1.29. The molecule has 0 radical (unpaired) electrons. The Bertz CT molecular complexity index is 1260. The SMILES string of the molecule is CCN(CC1COCC(C)N1CC1=C(C(=O)OC)[C@H](c2ccc(F)cc2Cl)N=C(c2nccs2)N1)C(=O)CO. The normalized spacial score (nSPS) is 21.8. The van der Waals surface area contributed by atoms with Crippen LogP contribution >= 0.6 is 22.9 Å². The van der Waals surface area contributed by atoms with E-state index in [1.54, 1.807) is 11.1 Å². The van der Waals surface area contributed by atoms with Gasteiger partial charge in [-0.15, -0.1) is 11.3 Å². The van der Waals surface area contributed by atoms with Gasteiger partial charge in [0.2, 0.25) is 5.91 Å². The minimum Gasteiger partial charge on any atom is -0.466 e. The zero-order valence-corrected chi connectivity index (χ0v) is 23.5. The summed E-state index contributed by atoms with van der Waals surface area (Å²) in [6.45, 7) is 5.12. The van der Waals surface area contributed by atoms with Crippen molar-refractivity contribution in [3.63, 3.8) is 0 Å². The number of amidine groups is 1. The standard InChI is InChI=1S/C26H31ClFN5O5S/c1-4-32(21(35)12-34)10-17-14-38-13-15(2)33(17)11-20-22(26(36)37-3)23(18-6-5-16(28)9-19(18)27)31-24(30-20)25-29-7-8-39-25/h5-9,15,17,23,34H,4,10-14H2,1-3H3,(H,30,31)/t15?,17?,23-/m0/s1. The third-order valence-electron chi connectivity index (χ3n) is 6.77. The highest BCUT2D eigenvalue weighted by atomic mass is 35.5. The van der Waals surface area contributed by atoms with E-state index in [9.17, 15) is 19.1 Å². The van der Waals surface area contributed by atoms with Crippen LogP contribution in [-0.2, 0) is 19.1 Å². The lowest BCUT2D eigenvalue weighted by Gasteiger charge is -2.43. The van der Waals surface area contributed by atoms with Gasteiger partial charge in [0.15, 0.2) is 10.8 Å². The van der Waals surface area contributed by atoms with Gasteiger partial charge in [0, 0.05) is 53.5 Å². The lowest BCUT2D eigenvalue weighted by molar-refractivity contribution is -0.136. The quantitative estimate of drug-likeness (QED) is 0.435. The number of nitrogens with one attached hydrogen (secondary N) is 1. The highest BCUT2D eigenvalue weighted by Gasteiger charge is 2.37. The second-order valence-electron chi connectivity index (χ2n) is 9.20. The molecule has 2 aromatic rings. The summed E-state index contributed by atoms with van der Waals surface area (Å²) in [4.78, 5) is 38.4. The molecule has 3 atom stereocenters. The van der Waals surface area contributed by atoms with Crippen LogP contribution in [0.1, 0.15) is 30.5 Å². The molecule has 10 nitrogen and oxygen atoms in total. The number of hydrogen-bond donors (Lipinski definition) is 2. The Balaban J connectivity index is 1.78. The zero-order chi connectivity index (χ0) is 28.1. The summed E-state index contributed by atoms with van der Waals surface area (Å²) in [6.07, 6.45) is 1.65. The number of aromatic nitrogens is 1. The van der Waals surface area contributed by atoms with Crippen LogP contribution in [0.3, 0.4) is 0 Å². The Morgan fingerprint density at radius 2 is 2.18 bits per heavy atom. The number of thiazole rings is 1. The van der Waals surface area contributed by atoms with E-state index in [2.05, 4.69) is 15.2 Å². The molecule has 39 heavy (non-hydrogen) atoms. The highest BCUT2D eigenvalue weighted by Crippen LogP contribution is 2.37. The fourth-order valence-electron chi connectivity index (χ4n) is 4.78. The summed E-state index contributed by atoms with van der Waals surface area (Å²) in [5, 5.41) is 15.3. The van der Waals surface area contributed by atoms with Gasteiger partial charge in [-0.25, -0.2) is 14.2 Å². The molecule has 1 saturated heterocycles. The van der Waals surface area contributed by atoms with Crippen LogP contribution in [-0.4, -0.2) is 96.3 Å². The van der Waals surface area contributed by atoms with E-state index in [0.29, 0.717) is 48.4 Å². The van der Waals surface area contributed by atoms with E-state index < -0.39 is 24.4 Å². The zero-order valence-electron chi connectivity index (χ0n) is 21.9. The number of aliphatic imine (C=N–C) groups is 1. The van der Waals surface area contributed by atoms with Gasteiger partial charge in [0.25, 0.3) is 0 Å². The van der Waals surface area contributed by atoms with Crippen LogP contribution in [0.15, 0.2) is 46.0 Å². The van der Waals surface area contributed by atoms with Crippen LogP contribution in [0, 0.1) is 5.82 Å². The number of carbonyl (C=O) groups excluding carboxylic acids is 2. The lowest BCUT2D eigenvalue weighted by atomic mass is 9.94. The van der Waals surface area contributed by atoms with Gasteiger partial charge in [-0.3, -0.25) is 14.7 Å². The van der Waals surface area contributed by atoms with E-state index in [1.807, 2.05) is 19.2 Å². The van der Waals surface area contributed by atoms with E-state index in [0.717, 1.165) is 0 Å². The number of likely N-dealkylation sites (N-methyl/N-ethyl adjacent to an activating group) is 1. The molecule has 2 aliphatic heterocycles. The lowest BCUT2D eigenvalue weighted by Crippen LogP contribution is -2.57. The molecule has 1 aromatic carbocycles. The first-order chi connectivity index (χ1) is 18.8. The minimum absolute atomic E-state index is 0.0603. The number of aliphatic hydroxyl groups is 1. The molecule has 3 heterocycles. The molecular formula is C26H31ClFN5O5S. The maximum absolute atomic E-state index is 13.9. The van der Waals surface area contributed by atoms with Crippen LogP contribution in [0.25, 0.3) is 0 Å². The molecular weight excluding hydrogens is 549 g/mol. The number of esters is 1. The molecule has 1 aromatic heterocycles. The first-order valence-corrected chi connectivity index (χ1v) is 13.8. The van der Waals surface area contributed by atoms with Crippen LogP contribution in [0.4, 0.5) is 4.39 Å². The Kier molecular flexibility index (Phi) is 9.67. The van der Waals surface area contributed by atoms with Gasteiger partial charge in [-0.1, -0.05) is 17.7 Å². The summed E-state index contributed by atoms with van der Waals surface area (Å²) in [5.41, 5.74) is 1.22. The molecule has 2 unspecified atom stereocenters. The molecule has 0 bridgehead atoms. The highest BCUT2D eigenvalue weighted by molar-refractivity contribution is 7.11. The molecule has 0 aliphatic carbocycles. The Morgan fingerprint density at radius 3 is 2.82 bits per heavy atom. The maximum atomic E-state index is 13.9. The first-order valence-electron chi connectivity index (χ1n) is 12.5. The topological polar surface area (TPSA) is 117 Å². The number of rotatable bonds is 9. The monoisotopic (exact) mass is 579 g/mol. The summed E-state index contributed by atoms with van der Waals surface area (Å²) in [5.74, 6) is -1.03. The van der Waals surface area contributed by atoms with Crippen molar-refractivity contribution in [2.45, 2.75) is 32.0 Å². The number of ether oxygens (including phenoxy) is 2. The van der Waals surface area contributed by atoms with Gasteiger partial charge >= 0.3 is 5.97 Å². The smallest absolute Gasteiger partial charge is 0.338 e. The number of aliphatic hydroxyl groups excluding tert-OH is 1. The Labute approximate surface area is 235 Å².